The average Bonchev–Trinajstić information content (AvgIpc) is 2.46. The van der Waals surface area contributed by atoms with Gasteiger partial charge in [-0.2, -0.15) is 0 Å². The van der Waals surface area contributed by atoms with Crippen molar-refractivity contribution in [2.75, 3.05) is 39.5 Å². The van der Waals surface area contributed by atoms with Gasteiger partial charge in [0.05, 0.1) is 5.75 Å². The molecule has 2 aliphatic heterocycles. The zero-order valence-electron chi connectivity index (χ0n) is 12.8. The maximum absolute atomic E-state index is 12.4. The largest absolute Gasteiger partial charge is 0.314 e. The number of nitrogens with zero attached hydrogens (tertiary/aromatic N) is 2. The van der Waals surface area contributed by atoms with Gasteiger partial charge in [-0.25, -0.2) is 12.7 Å². The molecule has 2 fully saturated rings. The van der Waals surface area contributed by atoms with Crippen molar-refractivity contribution in [3.8, 4) is 0 Å². The van der Waals surface area contributed by atoms with E-state index < -0.39 is 10.0 Å². The second-order valence-electron chi connectivity index (χ2n) is 6.35. The molecular weight excluding hydrogens is 274 g/mol. The van der Waals surface area contributed by atoms with Crippen molar-refractivity contribution in [1.29, 1.82) is 0 Å². The highest BCUT2D eigenvalue weighted by atomic mass is 32.2. The van der Waals surface area contributed by atoms with E-state index in [0.717, 1.165) is 32.2 Å². The molecule has 1 N–H and O–H groups in total. The summed E-state index contributed by atoms with van der Waals surface area (Å²) in [4.78, 5) is 2.20. The Kier molecular flexibility index (Phi) is 5.84. The standard InChI is InChI=1S/C14H29N3O2S/c1-16(2)14-6-10-17(11-7-14)20(18,19)12-8-13-5-3-4-9-15-13/h13-15H,3-12H2,1-2H3. The van der Waals surface area contributed by atoms with Crippen LogP contribution in [0.25, 0.3) is 0 Å². The molecule has 0 radical (unpaired) electrons. The minimum atomic E-state index is -3.06. The molecule has 1 unspecified atom stereocenters. The summed E-state index contributed by atoms with van der Waals surface area (Å²) < 4.78 is 26.5. The Bertz CT molecular complexity index is 383. The minimum Gasteiger partial charge on any atom is -0.314 e. The monoisotopic (exact) mass is 303 g/mol. The van der Waals surface area contributed by atoms with Gasteiger partial charge in [0, 0.05) is 25.2 Å². The van der Waals surface area contributed by atoms with Crippen molar-refractivity contribution in [2.24, 2.45) is 0 Å². The summed E-state index contributed by atoms with van der Waals surface area (Å²) in [5.74, 6) is 0.303. The van der Waals surface area contributed by atoms with Crippen LogP contribution in [0.2, 0.25) is 0 Å². The van der Waals surface area contributed by atoms with E-state index in [-0.39, 0.29) is 0 Å². The van der Waals surface area contributed by atoms with Crippen molar-refractivity contribution in [3.05, 3.63) is 0 Å². The third-order valence-corrected chi connectivity index (χ3v) is 6.59. The molecule has 20 heavy (non-hydrogen) atoms. The Balaban J connectivity index is 1.78. The molecule has 0 aromatic carbocycles. The molecule has 0 amide bonds. The number of piperidine rings is 2. The van der Waals surface area contributed by atoms with Gasteiger partial charge < -0.3 is 10.2 Å². The first-order valence-corrected chi connectivity index (χ1v) is 9.47. The number of sulfonamides is 1. The van der Waals surface area contributed by atoms with Gasteiger partial charge in [-0.3, -0.25) is 0 Å². The van der Waals surface area contributed by atoms with Gasteiger partial charge in [-0.05, 0) is 52.7 Å². The fourth-order valence-electron chi connectivity index (χ4n) is 3.23. The lowest BCUT2D eigenvalue weighted by molar-refractivity contribution is 0.196. The van der Waals surface area contributed by atoms with Crippen LogP contribution in [0.3, 0.4) is 0 Å². The van der Waals surface area contributed by atoms with Crippen LogP contribution < -0.4 is 5.32 Å². The van der Waals surface area contributed by atoms with Gasteiger partial charge in [0.2, 0.25) is 10.0 Å². The molecule has 2 heterocycles. The zero-order chi connectivity index (χ0) is 14.6. The summed E-state index contributed by atoms with van der Waals surface area (Å²) in [5.41, 5.74) is 0. The highest BCUT2D eigenvalue weighted by Gasteiger charge is 2.29. The molecule has 6 heteroatoms. The molecule has 0 bridgehead atoms. The molecule has 2 rings (SSSR count). The van der Waals surface area contributed by atoms with Crippen LogP contribution in [0.15, 0.2) is 0 Å². The first-order chi connectivity index (χ1) is 9.49. The van der Waals surface area contributed by atoms with Crippen LogP contribution in [0.5, 0.6) is 0 Å². The Morgan fingerprint density at radius 2 is 1.85 bits per heavy atom. The van der Waals surface area contributed by atoms with Crippen LogP contribution in [0.4, 0.5) is 0 Å². The predicted molar refractivity (Wildman–Crippen MR) is 82.3 cm³/mol. The number of nitrogens with one attached hydrogen (secondary N) is 1. The maximum atomic E-state index is 12.4. The van der Waals surface area contributed by atoms with Crippen LogP contribution >= 0.6 is 0 Å². The van der Waals surface area contributed by atoms with Gasteiger partial charge in [0.25, 0.3) is 0 Å². The van der Waals surface area contributed by atoms with E-state index in [1.165, 1.54) is 12.8 Å². The fraction of sp³-hybridized carbons (Fsp3) is 1.00. The first kappa shape index (κ1) is 16.2. The number of rotatable bonds is 5. The lowest BCUT2D eigenvalue weighted by Crippen LogP contribution is -2.46. The molecule has 118 valence electrons. The summed E-state index contributed by atoms with van der Waals surface area (Å²) in [7, 11) is 1.09. The van der Waals surface area contributed by atoms with Crippen LogP contribution in [-0.4, -0.2) is 69.2 Å². The lowest BCUT2D eigenvalue weighted by Gasteiger charge is -2.34. The third-order valence-electron chi connectivity index (χ3n) is 4.68. The van der Waals surface area contributed by atoms with E-state index in [1.54, 1.807) is 4.31 Å². The van der Waals surface area contributed by atoms with E-state index in [4.69, 9.17) is 0 Å². The fourth-order valence-corrected chi connectivity index (χ4v) is 4.84. The summed E-state index contributed by atoms with van der Waals surface area (Å²) in [6.07, 6.45) is 6.24. The molecule has 0 aliphatic carbocycles. The SMILES string of the molecule is CN(C)C1CCN(S(=O)(=O)CCC2CCCCN2)CC1. The summed E-state index contributed by atoms with van der Waals surface area (Å²) in [6.45, 7) is 2.41. The molecule has 0 aromatic rings. The van der Waals surface area contributed by atoms with Gasteiger partial charge in [-0.15, -0.1) is 0 Å². The highest BCUT2D eigenvalue weighted by molar-refractivity contribution is 7.89. The molecule has 5 nitrogen and oxygen atoms in total. The van der Waals surface area contributed by atoms with Crippen molar-refractivity contribution < 1.29 is 8.42 Å². The maximum Gasteiger partial charge on any atom is 0.214 e. The molecule has 2 saturated heterocycles. The molecule has 0 saturated carbocycles. The van der Waals surface area contributed by atoms with Gasteiger partial charge in [0.15, 0.2) is 0 Å². The normalized spacial score (nSPS) is 27.1. The van der Waals surface area contributed by atoms with E-state index in [0.29, 0.717) is 30.9 Å². The average molecular weight is 303 g/mol. The highest BCUT2D eigenvalue weighted by Crippen LogP contribution is 2.19. The first-order valence-electron chi connectivity index (χ1n) is 7.86. The van der Waals surface area contributed by atoms with Crippen LogP contribution in [0.1, 0.15) is 38.5 Å². The third kappa shape index (κ3) is 4.41. The molecule has 0 spiro atoms. The van der Waals surface area contributed by atoms with Crippen molar-refractivity contribution in [2.45, 2.75) is 50.6 Å². The molecule has 2 aliphatic rings. The Hall–Kier alpha value is -0.170. The second-order valence-corrected chi connectivity index (χ2v) is 8.43. The van der Waals surface area contributed by atoms with Crippen LogP contribution in [0, 0.1) is 0 Å². The van der Waals surface area contributed by atoms with Crippen LogP contribution in [-0.2, 0) is 10.0 Å². The lowest BCUT2D eigenvalue weighted by atomic mass is 10.0. The van der Waals surface area contributed by atoms with E-state index in [2.05, 4.69) is 24.3 Å². The van der Waals surface area contributed by atoms with Crippen molar-refractivity contribution in [3.63, 3.8) is 0 Å². The minimum absolute atomic E-state index is 0.303. The Labute approximate surface area is 123 Å². The topological polar surface area (TPSA) is 52.7 Å². The van der Waals surface area contributed by atoms with E-state index >= 15 is 0 Å². The zero-order valence-corrected chi connectivity index (χ0v) is 13.7. The second kappa shape index (κ2) is 7.20. The van der Waals surface area contributed by atoms with E-state index in [9.17, 15) is 8.42 Å². The van der Waals surface area contributed by atoms with Gasteiger partial charge >= 0.3 is 0 Å². The quantitative estimate of drug-likeness (QED) is 0.819. The van der Waals surface area contributed by atoms with E-state index in [1.807, 2.05) is 0 Å². The summed E-state index contributed by atoms with van der Waals surface area (Å²) in [5, 5.41) is 3.43. The smallest absolute Gasteiger partial charge is 0.214 e. The summed E-state index contributed by atoms with van der Waals surface area (Å²) >= 11 is 0. The molecular formula is C14H29N3O2S. The molecule has 0 aromatic heterocycles. The van der Waals surface area contributed by atoms with Gasteiger partial charge in [0.1, 0.15) is 0 Å². The van der Waals surface area contributed by atoms with Crippen molar-refractivity contribution >= 4 is 10.0 Å². The van der Waals surface area contributed by atoms with Gasteiger partial charge in [-0.1, -0.05) is 6.42 Å². The molecule has 1 atom stereocenters. The summed E-state index contributed by atoms with van der Waals surface area (Å²) in [6, 6.07) is 0.930. The van der Waals surface area contributed by atoms with Crippen molar-refractivity contribution in [1.82, 2.24) is 14.5 Å². The predicted octanol–water partition coefficient (Wildman–Crippen LogP) is 0.874. The number of hydrogen-bond donors (Lipinski definition) is 1. The Morgan fingerprint density at radius 3 is 2.40 bits per heavy atom. The Morgan fingerprint density at radius 1 is 1.15 bits per heavy atom. The number of hydrogen-bond acceptors (Lipinski definition) is 4.